The van der Waals surface area contributed by atoms with Crippen LogP contribution in [0, 0.1) is 5.92 Å². The Bertz CT molecular complexity index is 659. The van der Waals surface area contributed by atoms with Gasteiger partial charge in [0.25, 0.3) is 0 Å². The molecular weight excluding hydrogens is 280 g/mol. The van der Waals surface area contributed by atoms with Crippen LogP contribution < -0.4 is 5.73 Å². The number of imidazole rings is 1. The molecular formula is C16H22N4O2. The van der Waals surface area contributed by atoms with E-state index in [0.717, 1.165) is 11.0 Å². The quantitative estimate of drug-likeness (QED) is 0.866. The number of hydrogen-bond donors (Lipinski definition) is 2. The van der Waals surface area contributed by atoms with E-state index < -0.39 is 6.10 Å². The molecule has 1 saturated carbocycles. The molecule has 0 saturated heterocycles. The third-order valence-electron chi connectivity index (χ3n) is 4.51. The van der Waals surface area contributed by atoms with Gasteiger partial charge in [-0.25, -0.2) is 4.98 Å². The molecule has 3 atom stereocenters. The fraction of sp³-hybridized carbons (Fsp3) is 0.500. The van der Waals surface area contributed by atoms with Crippen LogP contribution in [0.4, 0.5) is 0 Å². The summed E-state index contributed by atoms with van der Waals surface area (Å²) in [6.07, 6.45) is 2.29. The standard InChI is InChI=1S/C16H22N4O2/c1-19(16(22)11-8-12(17)15(21)9-11)6-7-20-10-18-13-4-2-3-5-14(13)20/h2-5,10-12,15,21H,6-9,17H2,1H3/t11-,12+,15+/m0/s1. The molecule has 0 radical (unpaired) electrons. The maximum absolute atomic E-state index is 12.4. The summed E-state index contributed by atoms with van der Waals surface area (Å²) in [7, 11) is 1.80. The van der Waals surface area contributed by atoms with Gasteiger partial charge in [-0.1, -0.05) is 12.1 Å². The van der Waals surface area contributed by atoms with Crippen molar-refractivity contribution in [3.8, 4) is 0 Å². The van der Waals surface area contributed by atoms with Crippen molar-refractivity contribution in [1.29, 1.82) is 0 Å². The third-order valence-corrected chi connectivity index (χ3v) is 4.51. The maximum atomic E-state index is 12.4. The van der Waals surface area contributed by atoms with Crippen molar-refractivity contribution in [2.24, 2.45) is 11.7 Å². The van der Waals surface area contributed by atoms with Gasteiger partial charge >= 0.3 is 0 Å². The zero-order valence-corrected chi connectivity index (χ0v) is 12.7. The Morgan fingerprint density at radius 3 is 2.95 bits per heavy atom. The van der Waals surface area contributed by atoms with Crippen molar-refractivity contribution in [3.63, 3.8) is 0 Å². The summed E-state index contributed by atoms with van der Waals surface area (Å²) in [6.45, 7) is 1.31. The highest BCUT2D eigenvalue weighted by atomic mass is 16.3. The van der Waals surface area contributed by atoms with Crippen LogP contribution in [-0.4, -0.2) is 51.2 Å². The molecule has 3 N–H and O–H groups in total. The van der Waals surface area contributed by atoms with Gasteiger partial charge in [-0.3, -0.25) is 4.79 Å². The van der Waals surface area contributed by atoms with E-state index in [0.29, 0.717) is 25.9 Å². The van der Waals surface area contributed by atoms with E-state index in [1.807, 2.05) is 28.8 Å². The Hall–Kier alpha value is -1.92. The lowest BCUT2D eigenvalue weighted by Gasteiger charge is -2.21. The fourth-order valence-electron chi connectivity index (χ4n) is 3.12. The predicted molar refractivity (Wildman–Crippen MR) is 84.1 cm³/mol. The summed E-state index contributed by atoms with van der Waals surface area (Å²) in [6, 6.07) is 7.67. The van der Waals surface area contributed by atoms with Crippen molar-refractivity contribution in [2.75, 3.05) is 13.6 Å². The molecule has 2 aromatic rings. The third kappa shape index (κ3) is 2.84. The minimum atomic E-state index is -0.556. The molecule has 1 heterocycles. The average molecular weight is 302 g/mol. The molecule has 0 spiro atoms. The van der Waals surface area contributed by atoms with Crippen molar-refractivity contribution < 1.29 is 9.90 Å². The summed E-state index contributed by atoms with van der Waals surface area (Å²) in [4.78, 5) is 18.5. The highest BCUT2D eigenvalue weighted by molar-refractivity contribution is 5.79. The molecule has 1 aromatic heterocycles. The molecule has 6 nitrogen and oxygen atoms in total. The number of carbonyl (C=O) groups excluding carboxylic acids is 1. The topological polar surface area (TPSA) is 84.4 Å². The Morgan fingerprint density at radius 1 is 1.45 bits per heavy atom. The lowest BCUT2D eigenvalue weighted by atomic mass is 10.1. The molecule has 3 rings (SSSR count). The Kier molecular flexibility index (Phi) is 4.13. The second kappa shape index (κ2) is 6.06. The Labute approximate surface area is 129 Å². The van der Waals surface area contributed by atoms with E-state index in [9.17, 15) is 9.90 Å². The number of aromatic nitrogens is 2. The second-order valence-electron chi connectivity index (χ2n) is 6.09. The molecule has 22 heavy (non-hydrogen) atoms. The smallest absolute Gasteiger partial charge is 0.225 e. The first-order valence-corrected chi connectivity index (χ1v) is 7.64. The number of carbonyl (C=O) groups is 1. The molecule has 0 bridgehead atoms. The summed E-state index contributed by atoms with van der Waals surface area (Å²) < 4.78 is 2.05. The molecule has 1 aliphatic carbocycles. The van der Waals surface area contributed by atoms with Crippen LogP contribution in [-0.2, 0) is 11.3 Å². The number of rotatable bonds is 4. The monoisotopic (exact) mass is 302 g/mol. The van der Waals surface area contributed by atoms with Gasteiger partial charge in [0.05, 0.1) is 23.5 Å². The van der Waals surface area contributed by atoms with Crippen LogP contribution in [0.25, 0.3) is 11.0 Å². The van der Waals surface area contributed by atoms with Crippen LogP contribution in [0.5, 0.6) is 0 Å². The van der Waals surface area contributed by atoms with Crippen molar-refractivity contribution >= 4 is 16.9 Å². The largest absolute Gasteiger partial charge is 0.391 e. The van der Waals surface area contributed by atoms with E-state index in [4.69, 9.17) is 5.73 Å². The number of hydrogen-bond acceptors (Lipinski definition) is 4. The maximum Gasteiger partial charge on any atom is 0.225 e. The van der Waals surface area contributed by atoms with E-state index in [1.165, 1.54) is 0 Å². The first-order valence-electron chi connectivity index (χ1n) is 7.64. The van der Waals surface area contributed by atoms with E-state index in [1.54, 1.807) is 18.3 Å². The molecule has 1 aliphatic rings. The minimum Gasteiger partial charge on any atom is -0.391 e. The van der Waals surface area contributed by atoms with Gasteiger partial charge in [-0.15, -0.1) is 0 Å². The first-order chi connectivity index (χ1) is 10.6. The number of aliphatic hydroxyl groups excluding tert-OH is 1. The summed E-state index contributed by atoms with van der Waals surface area (Å²) in [5.74, 6) is -0.0917. The summed E-state index contributed by atoms with van der Waals surface area (Å²) in [5, 5.41) is 9.69. The van der Waals surface area contributed by atoms with Crippen LogP contribution in [0.3, 0.4) is 0 Å². The van der Waals surface area contributed by atoms with E-state index in [-0.39, 0.29) is 17.9 Å². The molecule has 1 aromatic carbocycles. The number of amides is 1. The van der Waals surface area contributed by atoms with Crippen molar-refractivity contribution in [2.45, 2.75) is 31.5 Å². The van der Waals surface area contributed by atoms with Crippen LogP contribution in [0.15, 0.2) is 30.6 Å². The summed E-state index contributed by atoms with van der Waals surface area (Å²) >= 11 is 0. The highest BCUT2D eigenvalue weighted by Gasteiger charge is 2.35. The number of likely N-dealkylation sites (N-methyl/N-ethyl adjacent to an activating group) is 1. The van der Waals surface area contributed by atoms with Gasteiger partial charge in [0.1, 0.15) is 0 Å². The molecule has 118 valence electrons. The predicted octanol–water partition coefficient (Wildman–Crippen LogP) is 0.593. The SMILES string of the molecule is CN(CCn1cnc2ccccc21)C(=O)[C@H]1C[C@@H](N)[C@H](O)C1. The molecule has 1 amide bonds. The number of nitrogens with two attached hydrogens (primary N) is 1. The van der Waals surface area contributed by atoms with Gasteiger partial charge in [0.2, 0.25) is 5.91 Å². The number of para-hydroxylation sites is 2. The summed E-state index contributed by atoms with van der Waals surface area (Å²) in [5.41, 5.74) is 7.82. The highest BCUT2D eigenvalue weighted by Crippen LogP contribution is 2.26. The van der Waals surface area contributed by atoms with Crippen molar-refractivity contribution in [3.05, 3.63) is 30.6 Å². The second-order valence-corrected chi connectivity index (χ2v) is 6.09. The zero-order chi connectivity index (χ0) is 15.7. The van der Waals surface area contributed by atoms with Crippen LogP contribution >= 0.6 is 0 Å². The van der Waals surface area contributed by atoms with E-state index in [2.05, 4.69) is 4.98 Å². The lowest BCUT2D eigenvalue weighted by Crippen LogP contribution is -2.34. The van der Waals surface area contributed by atoms with E-state index >= 15 is 0 Å². The lowest BCUT2D eigenvalue weighted by molar-refractivity contribution is -0.134. The number of benzene rings is 1. The normalized spacial score (nSPS) is 24.8. The number of fused-ring (bicyclic) bond motifs is 1. The Balaban J connectivity index is 1.60. The van der Waals surface area contributed by atoms with Crippen LogP contribution in [0.1, 0.15) is 12.8 Å². The minimum absolute atomic E-state index is 0.0661. The number of nitrogens with zero attached hydrogens (tertiary/aromatic N) is 3. The Morgan fingerprint density at radius 2 is 2.23 bits per heavy atom. The van der Waals surface area contributed by atoms with Crippen molar-refractivity contribution in [1.82, 2.24) is 14.5 Å². The van der Waals surface area contributed by atoms with Gasteiger partial charge < -0.3 is 20.3 Å². The average Bonchev–Trinajstić information content (AvgIpc) is 3.08. The van der Waals surface area contributed by atoms with Crippen LogP contribution in [0.2, 0.25) is 0 Å². The van der Waals surface area contributed by atoms with Gasteiger partial charge in [-0.05, 0) is 25.0 Å². The number of aliphatic hydroxyl groups is 1. The molecule has 0 aliphatic heterocycles. The molecule has 6 heteroatoms. The molecule has 1 fully saturated rings. The fourth-order valence-corrected chi connectivity index (χ4v) is 3.12. The van der Waals surface area contributed by atoms with Gasteiger partial charge in [-0.2, -0.15) is 0 Å². The zero-order valence-electron chi connectivity index (χ0n) is 12.7. The molecule has 0 unspecified atom stereocenters. The van der Waals surface area contributed by atoms with Gasteiger partial charge in [0.15, 0.2) is 0 Å². The first kappa shape index (κ1) is 15.0. The van der Waals surface area contributed by atoms with Gasteiger partial charge in [0, 0.05) is 32.1 Å².